The summed E-state index contributed by atoms with van der Waals surface area (Å²) >= 11 is 0. The van der Waals surface area contributed by atoms with E-state index in [1.165, 1.54) is 24.6 Å². The number of nitro groups is 1. The lowest BCUT2D eigenvalue weighted by molar-refractivity contribution is -0.383. The average Bonchev–Trinajstić information content (AvgIpc) is 2.26. The van der Waals surface area contributed by atoms with E-state index in [4.69, 9.17) is 5.73 Å². The minimum atomic E-state index is -0.564. The number of hydrogen-bond acceptors (Lipinski definition) is 4. The molecule has 2 rings (SSSR count). The molecule has 1 aliphatic carbocycles. The van der Waals surface area contributed by atoms with Crippen LogP contribution in [0.2, 0.25) is 0 Å². The van der Waals surface area contributed by atoms with Crippen LogP contribution in [0.4, 0.5) is 11.4 Å². The number of carbonyl (C=O) groups excluding carboxylic acids is 1. The number of nitrogens with two attached hydrogens (primary N) is 1. The zero-order chi connectivity index (χ0) is 13.1. The molecule has 96 valence electrons. The van der Waals surface area contributed by atoms with Gasteiger partial charge in [0.2, 0.25) is 0 Å². The summed E-state index contributed by atoms with van der Waals surface area (Å²) in [5.74, 6) is 0.341. The maximum absolute atomic E-state index is 11.8. The Morgan fingerprint density at radius 1 is 1.50 bits per heavy atom. The van der Waals surface area contributed by atoms with E-state index in [1.807, 2.05) is 0 Å². The molecular formula is C12H15N3O3. The van der Waals surface area contributed by atoms with Gasteiger partial charge in [0.1, 0.15) is 5.69 Å². The van der Waals surface area contributed by atoms with E-state index in [9.17, 15) is 14.9 Å². The standard InChI is InChI=1S/C12H15N3O3/c13-10-6-9(4-5-11(10)15(17)18)12(16)14-7-8-2-1-3-8/h4-6,8H,1-3,7,13H2,(H,14,16). The lowest BCUT2D eigenvalue weighted by Gasteiger charge is -2.25. The van der Waals surface area contributed by atoms with E-state index < -0.39 is 4.92 Å². The number of nitrogens with zero attached hydrogens (tertiary/aromatic N) is 1. The number of rotatable bonds is 4. The number of nitrogens with one attached hydrogen (secondary N) is 1. The van der Waals surface area contributed by atoms with Crippen molar-refractivity contribution in [3.63, 3.8) is 0 Å². The number of hydrogen-bond donors (Lipinski definition) is 2. The molecule has 0 aliphatic heterocycles. The topological polar surface area (TPSA) is 98.3 Å². The molecule has 18 heavy (non-hydrogen) atoms. The second kappa shape index (κ2) is 5.03. The van der Waals surface area contributed by atoms with E-state index in [1.54, 1.807) is 0 Å². The minimum Gasteiger partial charge on any atom is -0.393 e. The Bertz CT molecular complexity index is 483. The summed E-state index contributed by atoms with van der Waals surface area (Å²) in [6.45, 7) is 0.662. The van der Waals surface area contributed by atoms with Crippen molar-refractivity contribution >= 4 is 17.3 Å². The van der Waals surface area contributed by atoms with Gasteiger partial charge in [-0.15, -0.1) is 0 Å². The predicted octanol–water partition coefficient (Wildman–Crippen LogP) is 1.71. The molecule has 0 heterocycles. The number of benzene rings is 1. The van der Waals surface area contributed by atoms with Crippen LogP contribution < -0.4 is 11.1 Å². The van der Waals surface area contributed by atoms with Crippen molar-refractivity contribution in [1.82, 2.24) is 5.32 Å². The van der Waals surface area contributed by atoms with Gasteiger partial charge in [0.15, 0.2) is 0 Å². The molecule has 0 bridgehead atoms. The van der Waals surface area contributed by atoms with Gasteiger partial charge in [-0.2, -0.15) is 0 Å². The summed E-state index contributed by atoms with van der Waals surface area (Å²) in [5, 5.41) is 13.4. The Morgan fingerprint density at radius 3 is 2.72 bits per heavy atom. The minimum absolute atomic E-state index is 0.0105. The highest BCUT2D eigenvalue weighted by atomic mass is 16.6. The second-order valence-corrected chi connectivity index (χ2v) is 4.54. The van der Waals surface area contributed by atoms with Gasteiger partial charge in [0.05, 0.1) is 4.92 Å². The van der Waals surface area contributed by atoms with Crippen LogP contribution in [-0.4, -0.2) is 17.4 Å². The number of nitro benzene ring substituents is 1. The van der Waals surface area contributed by atoms with Crippen LogP contribution in [0.3, 0.4) is 0 Å². The van der Waals surface area contributed by atoms with Crippen molar-refractivity contribution in [1.29, 1.82) is 0 Å². The summed E-state index contributed by atoms with van der Waals surface area (Å²) in [4.78, 5) is 21.8. The van der Waals surface area contributed by atoms with Crippen molar-refractivity contribution in [2.75, 3.05) is 12.3 Å². The Kier molecular flexibility index (Phi) is 3.45. The van der Waals surface area contributed by atoms with Gasteiger partial charge in [0, 0.05) is 18.2 Å². The fourth-order valence-corrected chi connectivity index (χ4v) is 1.90. The zero-order valence-electron chi connectivity index (χ0n) is 9.89. The van der Waals surface area contributed by atoms with E-state index in [2.05, 4.69) is 5.32 Å². The third-order valence-electron chi connectivity index (χ3n) is 3.26. The number of carbonyl (C=O) groups is 1. The highest BCUT2D eigenvalue weighted by Gasteiger charge is 2.19. The molecule has 1 saturated carbocycles. The fraction of sp³-hybridized carbons (Fsp3) is 0.417. The molecule has 0 unspecified atom stereocenters. The van der Waals surface area contributed by atoms with Crippen molar-refractivity contribution in [3.8, 4) is 0 Å². The van der Waals surface area contributed by atoms with Gasteiger partial charge < -0.3 is 11.1 Å². The maximum Gasteiger partial charge on any atom is 0.292 e. The van der Waals surface area contributed by atoms with Crippen molar-refractivity contribution in [2.24, 2.45) is 5.92 Å². The fourth-order valence-electron chi connectivity index (χ4n) is 1.90. The van der Waals surface area contributed by atoms with E-state index in [0.717, 1.165) is 12.8 Å². The van der Waals surface area contributed by atoms with Crippen molar-refractivity contribution in [2.45, 2.75) is 19.3 Å². The van der Waals surface area contributed by atoms with Crippen LogP contribution in [0.5, 0.6) is 0 Å². The molecule has 3 N–H and O–H groups in total. The Labute approximate surface area is 104 Å². The van der Waals surface area contributed by atoms with Gasteiger partial charge in [-0.1, -0.05) is 6.42 Å². The number of amides is 1. The van der Waals surface area contributed by atoms with Crippen LogP contribution in [0.25, 0.3) is 0 Å². The molecule has 0 spiro atoms. The summed E-state index contributed by atoms with van der Waals surface area (Å²) in [6, 6.07) is 4.02. The van der Waals surface area contributed by atoms with E-state index in [0.29, 0.717) is 18.0 Å². The van der Waals surface area contributed by atoms with Gasteiger partial charge in [-0.05, 0) is 30.9 Å². The first kappa shape index (κ1) is 12.3. The van der Waals surface area contributed by atoms with Crippen LogP contribution in [0, 0.1) is 16.0 Å². The third kappa shape index (κ3) is 2.58. The predicted molar refractivity (Wildman–Crippen MR) is 67.2 cm³/mol. The van der Waals surface area contributed by atoms with Gasteiger partial charge in [-0.25, -0.2) is 0 Å². The third-order valence-corrected chi connectivity index (χ3v) is 3.26. The first-order chi connectivity index (χ1) is 8.58. The molecule has 6 nitrogen and oxygen atoms in total. The van der Waals surface area contributed by atoms with E-state index >= 15 is 0 Å². The summed E-state index contributed by atoms with van der Waals surface area (Å²) < 4.78 is 0. The summed E-state index contributed by atoms with van der Waals surface area (Å²) in [7, 11) is 0. The maximum atomic E-state index is 11.8. The van der Waals surface area contributed by atoms with Crippen molar-refractivity contribution in [3.05, 3.63) is 33.9 Å². The normalized spacial score (nSPS) is 14.9. The molecule has 1 amide bonds. The number of nitrogen functional groups attached to an aromatic ring is 1. The monoisotopic (exact) mass is 249 g/mol. The molecule has 1 aliphatic rings. The highest BCUT2D eigenvalue weighted by molar-refractivity contribution is 5.95. The molecule has 6 heteroatoms. The Hall–Kier alpha value is -2.11. The highest BCUT2D eigenvalue weighted by Crippen LogP contribution is 2.25. The largest absolute Gasteiger partial charge is 0.393 e. The van der Waals surface area contributed by atoms with Crippen LogP contribution in [-0.2, 0) is 0 Å². The summed E-state index contributed by atoms with van der Waals surface area (Å²) in [6.07, 6.45) is 3.54. The lowest BCUT2D eigenvalue weighted by atomic mass is 9.85. The average molecular weight is 249 g/mol. The molecule has 0 radical (unpaired) electrons. The molecule has 0 aromatic heterocycles. The van der Waals surface area contributed by atoms with E-state index in [-0.39, 0.29) is 17.3 Å². The van der Waals surface area contributed by atoms with Gasteiger partial charge >= 0.3 is 0 Å². The summed E-state index contributed by atoms with van der Waals surface area (Å²) in [5.41, 5.74) is 5.73. The Morgan fingerprint density at radius 2 is 2.22 bits per heavy atom. The van der Waals surface area contributed by atoms with Gasteiger partial charge in [-0.3, -0.25) is 14.9 Å². The first-order valence-electron chi connectivity index (χ1n) is 5.90. The van der Waals surface area contributed by atoms with Crippen LogP contribution in [0.1, 0.15) is 29.6 Å². The molecule has 0 atom stereocenters. The second-order valence-electron chi connectivity index (χ2n) is 4.54. The van der Waals surface area contributed by atoms with Crippen LogP contribution >= 0.6 is 0 Å². The smallest absolute Gasteiger partial charge is 0.292 e. The SMILES string of the molecule is Nc1cc(C(=O)NCC2CCC2)ccc1[N+](=O)[O-]. The molecular weight excluding hydrogens is 234 g/mol. The molecule has 1 fully saturated rings. The molecule has 1 aromatic carbocycles. The van der Waals surface area contributed by atoms with Gasteiger partial charge in [0.25, 0.3) is 11.6 Å². The lowest BCUT2D eigenvalue weighted by Crippen LogP contribution is -2.32. The van der Waals surface area contributed by atoms with Crippen LogP contribution in [0.15, 0.2) is 18.2 Å². The first-order valence-corrected chi connectivity index (χ1v) is 5.90. The molecule has 1 aromatic rings. The Balaban J connectivity index is 2.01. The zero-order valence-corrected chi connectivity index (χ0v) is 9.89. The quantitative estimate of drug-likeness (QED) is 0.482. The number of anilines is 1. The van der Waals surface area contributed by atoms with Crippen molar-refractivity contribution < 1.29 is 9.72 Å². The molecule has 0 saturated heterocycles.